The van der Waals surface area contributed by atoms with Crippen molar-refractivity contribution < 1.29 is 24.0 Å². The molecule has 1 aromatic heterocycles. The molecule has 0 aliphatic carbocycles. The first-order valence-electron chi connectivity index (χ1n) is 11.9. The van der Waals surface area contributed by atoms with Gasteiger partial charge in [-0.3, -0.25) is 4.79 Å². The van der Waals surface area contributed by atoms with E-state index in [2.05, 4.69) is 29.9 Å². The third-order valence-corrected chi connectivity index (χ3v) is 5.68. The fourth-order valence-corrected chi connectivity index (χ4v) is 3.73. The van der Waals surface area contributed by atoms with Crippen LogP contribution in [-0.4, -0.2) is 60.7 Å². The van der Waals surface area contributed by atoms with Gasteiger partial charge in [0.2, 0.25) is 5.95 Å². The number of nitrogens with zero attached hydrogens (tertiary/aromatic N) is 4. The Morgan fingerprint density at radius 2 is 1.51 bits per heavy atom. The van der Waals surface area contributed by atoms with Gasteiger partial charge >= 0.3 is 12.1 Å². The summed E-state index contributed by atoms with van der Waals surface area (Å²) in [6.07, 6.45) is 2.49. The average Bonchev–Trinajstić information content (AvgIpc) is 2.96. The van der Waals surface area contributed by atoms with Gasteiger partial charge in [0.15, 0.2) is 0 Å². The molecule has 1 aliphatic heterocycles. The molecule has 1 aliphatic rings. The second-order valence-corrected chi connectivity index (χ2v) is 8.21. The minimum Gasteiger partial charge on any atom is -0.443 e. The van der Waals surface area contributed by atoms with Gasteiger partial charge in [-0.15, -0.1) is 5.48 Å². The van der Waals surface area contributed by atoms with Crippen LogP contribution < -0.4 is 20.6 Å². The molecule has 11 nitrogen and oxygen atoms in total. The van der Waals surface area contributed by atoms with Crippen molar-refractivity contribution in [3.05, 3.63) is 84.2 Å². The van der Waals surface area contributed by atoms with E-state index in [1.165, 1.54) is 0 Å². The van der Waals surface area contributed by atoms with Gasteiger partial charge in [-0.05, 0) is 35.9 Å². The topological polar surface area (TPSA) is 126 Å². The van der Waals surface area contributed by atoms with Gasteiger partial charge in [0.05, 0.1) is 6.42 Å². The minimum absolute atomic E-state index is 0.0535. The summed E-state index contributed by atoms with van der Waals surface area (Å²) < 4.78 is 4.95. The molecule has 0 radical (unpaired) electrons. The van der Waals surface area contributed by atoms with E-state index in [9.17, 15) is 14.4 Å². The molecule has 1 fully saturated rings. The predicted molar refractivity (Wildman–Crippen MR) is 136 cm³/mol. The molecule has 4 rings (SSSR count). The number of hydrogen-bond donors (Lipinski definition) is 2. The molecule has 0 bridgehead atoms. The smallest absolute Gasteiger partial charge is 0.441 e. The molecule has 37 heavy (non-hydrogen) atoms. The van der Waals surface area contributed by atoms with E-state index < -0.39 is 12.1 Å². The lowest BCUT2D eigenvalue weighted by Gasteiger charge is -2.36. The summed E-state index contributed by atoms with van der Waals surface area (Å²) in [5, 5.41) is 2.67. The Labute approximate surface area is 214 Å². The molecule has 2 heterocycles. The van der Waals surface area contributed by atoms with Crippen LogP contribution in [0.5, 0.6) is 0 Å². The second-order valence-electron chi connectivity index (χ2n) is 8.21. The molecule has 11 heteroatoms. The number of carbonyl (C=O) groups excluding carboxylic acids is 3. The highest BCUT2D eigenvalue weighted by atomic mass is 16.7. The van der Waals surface area contributed by atoms with E-state index in [0.717, 1.165) is 43.4 Å². The zero-order valence-electron chi connectivity index (χ0n) is 20.2. The van der Waals surface area contributed by atoms with Crippen LogP contribution in [0.3, 0.4) is 0 Å². The van der Waals surface area contributed by atoms with Crippen molar-refractivity contribution in [2.45, 2.75) is 13.0 Å². The Kier molecular flexibility index (Phi) is 8.84. The van der Waals surface area contributed by atoms with Gasteiger partial charge in [0.1, 0.15) is 6.61 Å². The first kappa shape index (κ1) is 25.4. The molecule has 1 saturated heterocycles. The van der Waals surface area contributed by atoms with Crippen molar-refractivity contribution in [2.75, 3.05) is 42.5 Å². The summed E-state index contributed by atoms with van der Waals surface area (Å²) in [5.74, 6) is -0.273. The Morgan fingerprint density at radius 1 is 0.838 bits per heavy atom. The van der Waals surface area contributed by atoms with Crippen molar-refractivity contribution in [3.63, 3.8) is 0 Å². The van der Waals surface area contributed by atoms with Crippen LogP contribution >= 0.6 is 0 Å². The Hall–Kier alpha value is -4.67. The average molecular weight is 505 g/mol. The van der Waals surface area contributed by atoms with Crippen molar-refractivity contribution >= 4 is 29.6 Å². The lowest BCUT2D eigenvalue weighted by atomic mass is 10.1. The summed E-state index contributed by atoms with van der Waals surface area (Å²) in [5.41, 5.74) is 4.25. The van der Waals surface area contributed by atoms with Crippen molar-refractivity contribution in [2.24, 2.45) is 0 Å². The Morgan fingerprint density at radius 3 is 2.22 bits per heavy atom. The maximum atomic E-state index is 12.4. The number of hydrogen-bond acceptors (Lipinski definition) is 9. The number of rotatable bonds is 8. The molecule has 0 unspecified atom stereocenters. The van der Waals surface area contributed by atoms with Crippen molar-refractivity contribution in [3.8, 4) is 0 Å². The summed E-state index contributed by atoms with van der Waals surface area (Å²) in [6, 6.07) is 18.2. The minimum atomic E-state index is -0.879. The third-order valence-electron chi connectivity index (χ3n) is 5.68. The van der Waals surface area contributed by atoms with Gasteiger partial charge in [-0.2, -0.15) is 0 Å². The number of ether oxygens (including phenoxy) is 1. The van der Waals surface area contributed by atoms with Crippen molar-refractivity contribution in [1.29, 1.82) is 0 Å². The zero-order valence-corrected chi connectivity index (χ0v) is 20.2. The summed E-state index contributed by atoms with van der Waals surface area (Å²) in [6.45, 7) is 3.37. The second kappa shape index (κ2) is 12.9. The molecule has 192 valence electrons. The predicted octanol–water partition coefficient (Wildman–Crippen LogP) is 2.31. The number of aromatic nitrogens is 2. The van der Waals surface area contributed by atoms with E-state index in [0.29, 0.717) is 5.56 Å². The maximum absolute atomic E-state index is 12.4. The molecule has 0 saturated carbocycles. The molecule has 0 spiro atoms. The molecular weight excluding hydrogens is 476 g/mol. The highest BCUT2D eigenvalue weighted by molar-refractivity contribution is 5.94. The first-order chi connectivity index (χ1) is 18.1. The Bertz CT molecular complexity index is 1170. The SMILES string of the molecule is O=C(CCNC(=O)c1ccc(N2CCN(c3ncccn3)CC2)cc1)ONC(=O)OCc1ccccc1. The van der Waals surface area contributed by atoms with Crippen LogP contribution in [0.4, 0.5) is 16.4 Å². The zero-order chi connectivity index (χ0) is 25.9. The largest absolute Gasteiger partial charge is 0.443 e. The summed E-state index contributed by atoms with van der Waals surface area (Å²) >= 11 is 0. The van der Waals surface area contributed by atoms with Crippen LogP contribution in [-0.2, 0) is 21.0 Å². The Balaban J connectivity index is 1.12. The van der Waals surface area contributed by atoms with E-state index in [1.807, 2.05) is 35.8 Å². The number of amides is 2. The fraction of sp³-hybridized carbons (Fsp3) is 0.269. The number of nitrogens with one attached hydrogen (secondary N) is 2. The normalized spacial score (nSPS) is 13.0. The molecule has 2 aromatic carbocycles. The third kappa shape index (κ3) is 7.66. The van der Waals surface area contributed by atoms with E-state index in [1.54, 1.807) is 42.7 Å². The maximum Gasteiger partial charge on any atom is 0.441 e. The molecule has 2 N–H and O–H groups in total. The van der Waals surface area contributed by atoms with Gasteiger partial charge in [-0.25, -0.2) is 19.6 Å². The van der Waals surface area contributed by atoms with E-state index in [4.69, 9.17) is 4.74 Å². The van der Waals surface area contributed by atoms with Gasteiger partial charge in [-0.1, -0.05) is 30.3 Å². The van der Waals surface area contributed by atoms with Crippen LogP contribution in [0.15, 0.2) is 73.1 Å². The van der Waals surface area contributed by atoms with E-state index in [-0.39, 0.29) is 25.5 Å². The van der Waals surface area contributed by atoms with Crippen LogP contribution in [0.25, 0.3) is 0 Å². The highest BCUT2D eigenvalue weighted by Gasteiger charge is 2.19. The number of benzene rings is 2. The first-order valence-corrected chi connectivity index (χ1v) is 11.9. The number of piperazine rings is 1. The molecule has 0 atom stereocenters. The highest BCUT2D eigenvalue weighted by Crippen LogP contribution is 2.19. The number of carbonyl (C=O) groups is 3. The van der Waals surface area contributed by atoms with Gasteiger partial charge < -0.3 is 24.7 Å². The van der Waals surface area contributed by atoms with E-state index >= 15 is 0 Å². The fourth-order valence-electron chi connectivity index (χ4n) is 3.73. The molecular formula is C26H28N6O5. The van der Waals surface area contributed by atoms with Crippen LogP contribution in [0.2, 0.25) is 0 Å². The molecule has 2 amide bonds. The van der Waals surface area contributed by atoms with Crippen LogP contribution in [0, 0.1) is 0 Å². The standard InChI is InChI=1S/C26H28N6O5/c33-23(37-30-26(35)36-19-20-5-2-1-3-6-20)11-14-27-24(34)21-7-9-22(10-8-21)31-15-17-32(18-16-31)25-28-12-4-13-29-25/h1-10,12-13H,11,14-19H2,(H,27,34)(H,30,35). The van der Waals surface area contributed by atoms with Crippen LogP contribution in [0.1, 0.15) is 22.3 Å². The molecule has 3 aromatic rings. The lowest BCUT2D eigenvalue weighted by molar-refractivity contribution is -0.149. The van der Waals surface area contributed by atoms with Crippen molar-refractivity contribution in [1.82, 2.24) is 20.8 Å². The quantitative estimate of drug-likeness (QED) is 0.445. The number of hydroxylamine groups is 1. The summed E-state index contributed by atoms with van der Waals surface area (Å²) in [7, 11) is 0. The van der Waals surface area contributed by atoms with Gasteiger partial charge in [0, 0.05) is 56.4 Å². The van der Waals surface area contributed by atoms with Gasteiger partial charge in [0.25, 0.3) is 5.91 Å². The summed E-state index contributed by atoms with van der Waals surface area (Å²) in [4.78, 5) is 53.5. The number of anilines is 2. The lowest BCUT2D eigenvalue weighted by Crippen LogP contribution is -2.47. The monoisotopic (exact) mass is 504 g/mol.